The first-order chi connectivity index (χ1) is 13.6. The summed E-state index contributed by atoms with van der Waals surface area (Å²) in [5.41, 5.74) is 2.34. The molecule has 1 aromatic carbocycles. The van der Waals surface area contributed by atoms with Crippen LogP contribution in [0.4, 0.5) is 0 Å². The van der Waals surface area contributed by atoms with Gasteiger partial charge in [-0.25, -0.2) is 14.9 Å². The molecule has 0 aliphatic carbocycles. The lowest BCUT2D eigenvalue weighted by Crippen LogP contribution is -2.15. The number of hydrogen-bond acceptors (Lipinski definition) is 6. The van der Waals surface area contributed by atoms with Gasteiger partial charge in [0.25, 0.3) is 5.56 Å². The molecule has 2 aliphatic rings. The van der Waals surface area contributed by atoms with Crippen LogP contribution in [0.3, 0.4) is 0 Å². The minimum absolute atomic E-state index is 0.220. The first kappa shape index (κ1) is 17.9. The molecule has 144 valence electrons. The fraction of sp³-hybridized carbons (Fsp3) is 0.263. The Morgan fingerprint density at radius 3 is 2.82 bits per heavy atom. The molecule has 0 fully saturated rings. The number of ether oxygens (including phenoxy) is 2. The van der Waals surface area contributed by atoms with Crippen LogP contribution in [0.25, 0.3) is 22.3 Å². The fourth-order valence-corrected chi connectivity index (χ4v) is 3.28. The fourth-order valence-electron chi connectivity index (χ4n) is 3.28. The van der Waals surface area contributed by atoms with Crippen molar-refractivity contribution in [3.63, 3.8) is 0 Å². The van der Waals surface area contributed by atoms with Crippen molar-refractivity contribution in [3.05, 3.63) is 58.4 Å². The number of fused-ring (bicyclic) bond motifs is 2. The highest BCUT2D eigenvalue weighted by molar-refractivity contribution is 5.95. The Morgan fingerprint density at radius 2 is 2.04 bits per heavy atom. The Bertz CT molecular complexity index is 1170. The van der Waals surface area contributed by atoms with Crippen molar-refractivity contribution < 1.29 is 14.3 Å². The van der Waals surface area contributed by atoms with E-state index in [4.69, 9.17) is 14.5 Å². The summed E-state index contributed by atoms with van der Waals surface area (Å²) >= 11 is 0. The number of H-pyrrole nitrogens is 1. The van der Waals surface area contributed by atoms with Gasteiger partial charge in [-0.2, -0.15) is 5.10 Å². The predicted molar refractivity (Wildman–Crippen MR) is 102 cm³/mol. The van der Waals surface area contributed by atoms with Gasteiger partial charge in [-0.05, 0) is 12.1 Å². The maximum absolute atomic E-state index is 12.2. The van der Waals surface area contributed by atoms with E-state index >= 15 is 0 Å². The third kappa shape index (κ3) is 3.05. The second-order valence-corrected chi connectivity index (χ2v) is 6.31. The van der Waals surface area contributed by atoms with E-state index in [2.05, 4.69) is 14.8 Å². The van der Waals surface area contributed by atoms with Gasteiger partial charge in [-0.1, -0.05) is 12.1 Å². The normalized spacial score (nSPS) is 11.4. The molecule has 4 rings (SSSR count). The Morgan fingerprint density at radius 1 is 1.21 bits per heavy atom. The van der Waals surface area contributed by atoms with E-state index in [-0.39, 0.29) is 11.1 Å². The second-order valence-electron chi connectivity index (χ2n) is 6.31. The maximum atomic E-state index is 12.2. The average Bonchev–Trinajstić information content (AvgIpc) is 3.25. The van der Waals surface area contributed by atoms with Crippen molar-refractivity contribution in [1.82, 2.24) is 24.3 Å². The van der Waals surface area contributed by atoms with Gasteiger partial charge in [-0.3, -0.25) is 4.79 Å². The van der Waals surface area contributed by atoms with Gasteiger partial charge in [0.2, 0.25) is 0 Å². The van der Waals surface area contributed by atoms with Gasteiger partial charge < -0.3 is 18.6 Å². The highest BCUT2D eigenvalue weighted by Gasteiger charge is 2.22. The number of carbonyl (C=O) groups is 1. The smallest absolute Gasteiger partial charge is 0.341 e. The Balaban J connectivity index is 1.82. The van der Waals surface area contributed by atoms with Crippen LogP contribution in [0.2, 0.25) is 0 Å². The Kier molecular flexibility index (Phi) is 4.66. The molecular weight excluding hydrogens is 362 g/mol. The van der Waals surface area contributed by atoms with E-state index in [0.29, 0.717) is 31.0 Å². The van der Waals surface area contributed by atoms with Gasteiger partial charge in [0, 0.05) is 26.0 Å². The van der Waals surface area contributed by atoms with E-state index in [1.165, 1.54) is 7.11 Å². The number of aromatic amines is 1. The van der Waals surface area contributed by atoms with Gasteiger partial charge in [-0.15, -0.1) is 0 Å². The molecule has 28 heavy (non-hydrogen) atoms. The molecule has 0 bridgehead atoms. The van der Waals surface area contributed by atoms with Crippen LogP contribution in [0.5, 0.6) is 0 Å². The number of hydrogen-bond donors (Lipinski definition) is 1. The molecule has 2 aromatic rings. The summed E-state index contributed by atoms with van der Waals surface area (Å²) in [4.78, 5) is 29.0. The number of pyridine rings is 1. The van der Waals surface area contributed by atoms with Crippen LogP contribution in [-0.2, 0) is 22.6 Å². The summed E-state index contributed by atoms with van der Waals surface area (Å²) in [6, 6.07) is 7.84. The number of rotatable bonds is 6. The van der Waals surface area contributed by atoms with Crippen molar-refractivity contribution in [2.24, 2.45) is 0 Å². The average molecular weight is 381 g/mol. The summed E-state index contributed by atoms with van der Waals surface area (Å²) < 4.78 is 13.9. The van der Waals surface area contributed by atoms with Gasteiger partial charge in [0.1, 0.15) is 17.1 Å². The monoisotopic (exact) mass is 381 g/mol. The number of imidazole rings is 1. The van der Waals surface area contributed by atoms with E-state index in [1.54, 1.807) is 24.1 Å². The second kappa shape index (κ2) is 7.28. The van der Waals surface area contributed by atoms with Crippen molar-refractivity contribution >= 4 is 17.0 Å². The number of benzene rings is 1. The molecule has 9 nitrogen and oxygen atoms in total. The molecule has 3 heterocycles. The SMILES string of the molecule is COCCn1c(Cn2cc(C(=O)OC)c3n[nH]c(=O)c-3c2)nc2ccccc21. The number of nitrogens with zero attached hydrogens (tertiary/aromatic N) is 4. The zero-order valence-electron chi connectivity index (χ0n) is 15.5. The standard InChI is InChI=1S/C19H19N5O4/c1-27-8-7-24-15-6-4-3-5-14(15)20-16(24)11-23-9-12-17(21-22-18(12)25)13(10-23)19(26)28-2/h3-6,9-10H,7-8,11H2,1-2H3,(H,22,25). The molecule has 0 atom stereocenters. The lowest BCUT2D eigenvalue weighted by atomic mass is 10.1. The molecule has 0 saturated heterocycles. The first-order valence-corrected chi connectivity index (χ1v) is 8.72. The van der Waals surface area contributed by atoms with Gasteiger partial charge in [0.05, 0.1) is 36.9 Å². The molecule has 2 aliphatic heterocycles. The van der Waals surface area contributed by atoms with Gasteiger partial charge in [0.15, 0.2) is 0 Å². The van der Waals surface area contributed by atoms with Crippen LogP contribution < -0.4 is 5.56 Å². The topological polar surface area (TPSA) is 104 Å². The summed E-state index contributed by atoms with van der Waals surface area (Å²) in [5, 5.41) is 6.32. The largest absolute Gasteiger partial charge is 0.465 e. The minimum Gasteiger partial charge on any atom is -0.465 e. The molecule has 9 heteroatoms. The van der Waals surface area contributed by atoms with E-state index in [0.717, 1.165) is 16.9 Å². The molecule has 0 unspecified atom stereocenters. The lowest BCUT2D eigenvalue weighted by Gasteiger charge is -2.13. The summed E-state index contributed by atoms with van der Waals surface area (Å²) in [7, 11) is 2.94. The van der Waals surface area contributed by atoms with Crippen LogP contribution in [-0.4, -0.2) is 51.1 Å². The quantitative estimate of drug-likeness (QED) is 0.508. The molecule has 0 radical (unpaired) electrons. The molecule has 0 spiro atoms. The number of methoxy groups -OCH3 is 2. The Hall–Kier alpha value is -3.46. The first-order valence-electron chi connectivity index (χ1n) is 8.72. The van der Waals surface area contributed by atoms with Gasteiger partial charge >= 0.3 is 5.97 Å². The Labute approximate surface area is 159 Å². The molecule has 0 saturated carbocycles. The third-order valence-corrected chi connectivity index (χ3v) is 4.60. The summed E-state index contributed by atoms with van der Waals surface area (Å²) in [5.74, 6) is 0.230. The predicted octanol–water partition coefficient (Wildman–Crippen LogP) is 1.51. The molecule has 1 N–H and O–H groups in total. The highest BCUT2D eigenvalue weighted by Crippen LogP contribution is 2.22. The van der Waals surface area contributed by atoms with Crippen molar-refractivity contribution in [3.8, 4) is 11.3 Å². The number of carbonyl (C=O) groups excluding carboxylic acids is 1. The molecule has 0 amide bonds. The minimum atomic E-state index is -0.557. The highest BCUT2D eigenvalue weighted by atomic mass is 16.5. The van der Waals surface area contributed by atoms with Crippen molar-refractivity contribution in [2.75, 3.05) is 20.8 Å². The van der Waals surface area contributed by atoms with Crippen LogP contribution in [0, 0.1) is 0 Å². The van der Waals surface area contributed by atoms with Crippen molar-refractivity contribution in [2.45, 2.75) is 13.1 Å². The maximum Gasteiger partial charge on any atom is 0.341 e. The van der Waals surface area contributed by atoms with E-state index < -0.39 is 5.97 Å². The van der Waals surface area contributed by atoms with Crippen LogP contribution in [0.1, 0.15) is 16.2 Å². The van der Waals surface area contributed by atoms with Crippen LogP contribution in [0.15, 0.2) is 41.5 Å². The number of esters is 1. The third-order valence-electron chi connectivity index (χ3n) is 4.60. The molecule has 1 aromatic heterocycles. The summed E-state index contributed by atoms with van der Waals surface area (Å²) in [6.45, 7) is 1.54. The molecular formula is C19H19N5O4. The van der Waals surface area contributed by atoms with E-state index in [1.807, 2.05) is 24.3 Å². The zero-order valence-corrected chi connectivity index (χ0v) is 15.5. The number of aromatic nitrogens is 5. The summed E-state index contributed by atoms with van der Waals surface area (Å²) in [6.07, 6.45) is 3.28. The lowest BCUT2D eigenvalue weighted by molar-refractivity contribution is 0.0600. The van der Waals surface area contributed by atoms with Crippen LogP contribution >= 0.6 is 0 Å². The van der Waals surface area contributed by atoms with Crippen molar-refractivity contribution in [1.29, 1.82) is 0 Å². The number of para-hydroxylation sites is 2. The van der Waals surface area contributed by atoms with E-state index in [9.17, 15) is 9.59 Å². The zero-order chi connectivity index (χ0) is 19.7. The number of nitrogens with one attached hydrogen (secondary N) is 1.